The molecular formula is C40H40N6. The number of nitrogen functional groups attached to an aromatic ring is 4. The Bertz CT molecular complexity index is 1860. The van der Waals surface area contributed by atoms with E-state index in [1.54, 1.807) is 0 Å². The first-order valence-electron chi connectivity index (χ1n) is 15.5. The van der Waals surface area contributed by atoms with Crippen molar-refractivity contribution in [3.63, 3.8) is 0 Å². The standard InChI is InChI=1S/C40H40N6/c41-34-17-13-27(14-18-34)21-32-8-3-9-33(22-28-15-19-35(42)20-16-28)40(32)46-45-39-12-4-7-31(23-29-5-1-10-36(43)24-29)38(39)26-30-6-2-11-37(44)25-30/h1-20,24-25,45-46H,21-23,26,41-44H2. The van der Waals surface area contributed by atoms with E-state index in [1.165, 1.54) is 38.9 Å². The van der Waals surface area contributed by atoms with E-state index in [9.17, 15) is 0 Å². The first-order valence-corrected chi connectivity index (χ1v) is 15.5. The summed E-state index contributed by atoms with van der Waals surface area (Å²) in [6, 6.07) is 45.2. The Morgan fingerprint density at radius 1 is 0.370 bits per heavy atom. The molecule has 0 unspecified atom stereocenters. The zero-order valence-electron chi connectivity index (χ0n) is 25.8. The van der Waals surface area contributed by atoms with Gasteiger partial charge < -0.3 is 33.8 Å². The third kappa shape index (κ3) is 7.60. The zero-order valence-corrected chi connectivity index (χ0v) is 25.8. The summed E-state index contributed by atoms with van der Waals surface area (Å²) in [4.78, 5) is 0. The van der Waals surface area contributed by atoms with Gasteiger partial charge in [0.25, 0.3) is 0 Å². The van der Waals surface area contributed by atoms with Crippen LogP contribution in [0.1, 0.15) is 44.5 Å². The number of rotatable bonds is 11. The van der Waals surface area contributed by atoms with Crippen molar-refractivity contribution in [2.75, 3.05) is 33.8 Å². The summed E-state index contributed by atoms with van der Waals surface area (Å²) in [5, 5.41) is 0. The summed E-state index contributed by atoms with van der Waals surface area (Å²) in [5.41, 5.74) is 46.1. The number of hydrogen-bond donors (Lipinski definition) is 6. The lowest BCUT2D eigenvalue weighted by Gasteiger charge is -2.22. The van der Waals surface area contributed by atoms with Gasteiger partial charge in [-0.05, 0) is 125 Å². The van der Waals surface area contributed by atoms with Crippen LogP contribution in [0.2, 0.25) is 0 Å². The molecule has 46 heavy (non-hydrogen) atoms. The fraction of sp³-hybridized carbons (Fsp3) is 0.100. The summed E-state index contributed by atoms with van der Waals surface area (Å²) in [5.74, 6) is 0. The van der Waals surface area contributed by atoms with Gasteiger partial charge in [0.1, 0.15) is 0 Å². The molecule has 0 atom stereocenters. The third-order valence-corrected chi connectivity index (χ3v) is 8.26. The molecule has 0 saturated carbocycles. The highest BCUT2D eigenvalue weighted by molar-refractivity contribution is 5.66. The minimum Gasteiger partial charge on any atom is -0.399 e. The first kappa shape index (κ1) is 30.2. The van der Waals surface area contributed by atoms with Crippen molar-refractivity contribution in [2.24, 2.45) is 0 Å². The fourth-order valence-corrected chi connectivity index (χ4v) is 5.91. The van der Waals surface area contributed by atoms with Crippen LogP contribution in [0.3, 0.4) is 0 Å². The molecule has 0 spiro atoms. The van der Waals surface area contributed by atoms with E-state index < -0.39 is 0 Å². The molecule has 0 aromatic heterocycles. The van der Waals surface area contributed by atoms with Crippen LogP contribution in [0.5, 0.6) is 0 Å². The summed E-state index contributed by atoms with van der Waals surface area (Å²) in [6.07, 6.45) is 2.99. The van der Waals surface area contributed by atoms with Crippen LogP contribution in [-0.4, -0.2) is 0 Å². The Kier molecular flexibility index (Phi) is 9.07. The van der Waals surface area contributed by atoms with Gasteiger partial charge >= 0.3 is 0 Å². The van der Waals surface area contributed by atoms with Gasteiger partial charge in [-0.3, -0.25) is 0 Å². The van der Waals surface area contributed by atoms with E-state index >= 15 is 0 Å². The Morgan fingerprint density at radius 3 is 1.37 bits per heavy atom. The minimum atomic E-state index is 0.721. The average Bonchev–Trinajstić information content (AvgIpc) is 3.04. The first-order chi connectivity index (χ1) is 22.4. The van der Waals surface area contributed by atoms with Crippen LogP contribution in [0, 0.1) is 0 Å². The van der Waals surface area contributed by atoms with Crippen molar-refractivity contribution in [1.29, 1.82) is 0 Å². The van der Waals surface area contributed by atoms with Crippen molar-refractivity contribution in [2.45, 2.75) is 25.7 Å². The number of benzene rings is 6. The summed E-state index contributed by atoms with van der Waals surface area (Å²) >= 11 is 0. The van der Waals surface area contributed by atoms with E-state index in [4.69, 9.17) is 22.9 Å². The van der Waals surface area contributed by atoms with E-state index in [1.807, 2.05) is 60.7 Å². The smallest absolute Gasteiger partial charge is 0.0610 e. The van der Waals surface area contributed by atoms with Crippen LogP contribution in [0.15, 0.2) is 133 Å². The second-order valence-corrected chi connectivity index (χ2v) is 11.8. The van der Waals surface area contributed by atoms with Gasteiger partial charge in [0.05, 0.1) is 11.4 Å². The lowest BCUT2D eigenvalue weighted by molar-refractivity contribution is 1.08. The largest absolute Gasteiger partial charge is 0.399 e. The molecule has 6 rings (SSSR count). The third-order valence-electron chi connectivity index (χ3n) is 8.26. The highest BCUT2D eigenvalue weighted by Crippen LogP contribution is 2.30. The van der Waals surface area contributed by atoms with Crippen molar-refractivity contribution in [3.05, 3.63) is 178 Å². The number of para-hydroxylation sites is 1. The molecule has 0 fully saturated rings. The second-order valence-electron chi connectivity index (χ2n) is 11.8. The van der Waals surface area contributed by atoms with Gasteiger partial charge in [0.15, 0.2) is 0 Å². The number of hydrogen-bond acceptors (Lipinski definition) is 6. The van der Waals surface area contributed by atoms with Crippen LogP contribution >= 0.6 is 0 Å². The topological polar surface area (TPSA) is 128 Å². The maximum absolute atomic E-state index is 6.18. The summed E-state index contributed by atoms with van der Waals surface area (Å²) in [7, 11) is 0. The number of nitrogens with two attached hydrogens (primary N) is 4. The minimum absolute atomic E-state index is 0.721. The highest BCUT2D eigenvalue weighted by Gasteiger charge is 2.14. The van der Waals surface area contributed by atoms with Gasteiger partial charge in [-0.1, -0.05) is 78.9 Å². The predicted molar refractivity (Wildman–Crippen MR) is 195 cm³/mol. The maximum atomic E-state index is 6.18. The molecule has 6 heteroatoms. The monoisotopic (exact) mass is 604 g/mol. The number of anilines is 6. The second kappa shape index (κ2) is 13.8. The maximum Gasteiger partial charge on any atom is 0.0610 e. The molecule has 0 aliphatic heterocycles. The molecule has 0 saturated heterocycles. The van der Waals surface area contributed by atoms with Gasteiger partial charge in [-0.15, -0.1) is 0 Å². The molecule has 0 amide bonds. The predicted octanol–water partition coefficient (Wildman–Crippen LogP) is 7.82. The lowest BCUT2D eigenvalue weighted by atomic mass is 9.93. The van der Waals surface area contributed by atoms with Crippen molar-refractivity contribution < 1.29 is 0 Å². The SMILES string of the molecule is Nc1ccc(Cc2cccc(Cc3ccc(N)cc3)c2NNc2cccc(Cc3cccc(N)c3)c2Cc2cccc(N)c2)cc1. The summed E-state index contributed by atoms with van der Waals surface area (Å²) < 4.78 is 0. The molecule has 0 aliphatic rings. The Morgan fingerprint density at radius 2 is 0.826 bits per heavy atom. The molecule has 0 bridgehead atoms. The Labute approximate surface area is 271 Å². The molecule has 0 heterocycles. The van der Waals surface area contributed by atoms with E-state index in [0.717, 1.165) is 65.4 Å². The lowest BCUT2D eigenvalue weighted by Crippen LogP contribution is -2.15. The Hall–Kier alpha value is -5.88. The van der Waals surface area contributed by atoms with Crippen LogP contribution < -0.4 is 33.8 Å². The van der Waals surface area contributed by atoms with Crippen molar-refractivity contribution in [3.8, 4) is 0 Å². The van der Waals surface area contributed by atoms with E-state index in [0.29, 0.717) is 0 Å². The highest BCUT2D eigenvalue weighted by atomic mass is 15.4. The molecule has 6 aromatic rings. The normalized spacial score (nSPS) is 10.9. The summed E-state index contributed by atoms with van der Waals surface area (Å²) in [6.45, 7) is 0. The number of hydrazine groups is 1. The quantitative estimate of drug-likeness (QED) is 0.0661. The number of nitrogens with one attached hydrogen (secondary N) is 2. The van der Waals surface area contributed by atoms with Gasteiger partial charge in [-0.2, -0.15) is 0 Å². The van der Waals surface area contributed by atoms with Crippen LogP contribution in [0.25, 0.3) is 0 Å². The fourth-order valence-electron chi connectivity index (χ4n) is 5.91. The zero-order chi connectivity index (χ0) is 31.9. The average molecular weight is 605 g/mol. The van der Waals surface area contributed by atoms with Crippen LogP contribution in [-0.2, 0) is 25.7 Å². The molecule has 0 radical (unpaired) electrons. The molecule has 10 N–H and O–H groups in total. The molecule has 6 aromatic carbocycles. The Balaban J connectivity index is 1.36. The van der Waals surface area contributed by atoms with Gasteiger partial charge in [-0.25, -0.2) is 0 Å². The molecule has 230 valence electrons. The van der Waals surface area contributed by atoms with E-state index in [-0.39, 0.29) is 0 Å². The van der Waals surface area contributed by atoms with E-state index in [2.05, 4.69) is 83.6 Å². The van der Waals surface area contributed by atoms with Gasteiger partial charge in [0, 0.05) is 22.7 Å². The molecule has 6 nitrogen and oxygen atoms in total. The van der Waals surface area contributed by atoms with Crippen LogP contribution in [0.4, 0.5) is 34.1 Å². The van der Waals surface area contributed by atoms with Crippen molar-refractivity contribution in [1.82, 2.24) is 0 Å². The molecular weight excluding hydrogens is 564 g/mol. The molecule has 0 aliphatic carbocycles. The van der Waals surface area contributed by atoms with Crippen molar-refractivity contribution >= 4 is 34.1 Å². The van der Waals surface area contributed by atoms with Gasteiger partial charge in [0.2, 0.25) is 0 Å².